The van der Waals surface area contributed by atoms with Crippen molar-refractivity contribution < 1.29 is 28.9 Å². The van der Waals surface area contributed by atoms with Crippen LogP contribution in [0.15, 0.2) is 48.5 Å². The van der Waals surface area contributed by atoms with Gasteiger partial charge in [0.1, 0.15) is 17.1 Å². The van der Waals surface area contributed by atoms with Gasteiger partial charge in [-0.1, -0.05) is 30.3 Å². The number of nitrogens with one attached hydrogen (secondary N) is 3. The number of halogens is 1. The summed E-state index contributed by atoms with van der Waals surface area (Å²) in [4.78, 5) is 24.5. The van der Waals surface area contributed by atoms with Gasteiger partial charge < -0.3 is 25.6 Å². The zero-order valence-corrected chi connectivity index (χ0v) is 23.9. The monoisotopic (exact) mass is 563 g/mol. The number of hydrogen-bond donors (Lipinski definition) is 5. The number of carboxylic acid groups (broad SMARTS) is 1. The first-order valence-corrected chi connectivity index (χ1v) is 13.8. The number of aliphatic hydroxyl groups is 1. The Balaban J connectivity index is 1.65. The minimum atomic E-state index is -1.62. The molecule has 8 nitrogen and oxygen atoms in total. The first-order valence-electron chi connectivity index (χ1n) is 13.8. The number of amides is 1. The number of ether oxygens (including phenoxy) is 1. The van der Waals surface area contributed by atoms with Crippen LogP contribution in [0.2, 0.25) is 0 Å². The van der Waals surface area contributed by atoms with Crippen LogP contribution in [0.1, 0.15) is 36.5 Å². The summed E-state index contributed by atoms with van der Waals surface area (Å²) in [6, 6.07) is 14.8. The molecule has 0 saturated carbocycles. The largest absolute Gasteiger partial charge is 0.496 e. The van der Waals surface area contributed by atoms with Gasteiger partial charge in [-0.25, -0.2) is 4.39 Å². The maximum atomic E-state index is 15.4. The SMILES string of the molecule is COc1cc(-c2cccc(-c3cccc(NC(=O)C4CCNCC4)c3C)c2C)cc(F)c1CNC(C)(CO)C(=O)O. The standard InChI is InChI=1S/C32H38FN3O5/c1-19-23(22-15-27(33)26(29(16-22)41-4)17-35-32(3,18-37)31(39)40)7-5-8-24(19)25-9-6-10-28(20(25)2)36-30(38)21-11-13-34-14-12-21/h5-10,15-16,21,34-35,37H,11-14,17-18H2,1-4H3,(H,36,38)(H,39,40). The lowest BCUT2D eigenvalue weighted by Gasteiger charge is -2.24. The molecule has 1 atom stereocenters. The summed E-state index contributed by atoms with van der Waals surface area (Å²) in [5, 5.41) is 28.1. The second kappa shape index (κ2) is 12.8. The van der Waals surface area contributed by atoms with Crippen LogP contribution in [0.25, 0.3) is 22.3 Å². The molecule has 5 N–H and O–H groups in total. The van der Waals surface area contributed by atoms with E-state index < -0.39 is 23.9 Å². The zero-order chi connectivity index (χ0) is 29.7. The quantitative estimate of drug-likeness (QED) is 0.244. The highest BCUT2D eigenvalue weighted by Gasteiger charge is 2.32. The fourth-order valence-corrected chi connectivity index (χ4v) is 5.23. The Morgan fingerprint density at radius 3 is 2.32 bits per heavy atom. The van der Waals surface area contributed by atoms with E-state index in [0.717, 1.165) is 59.4 Å². The van der Waals surface area contributed by atoms with Gasteiger partial charge in [-0.2, -0.15) is 0 Å². The third-order valence-electron chi connectivity index (χ3n) is 8.05. The summed E-state index contributed by atoms with van der Waals surface area (Å²) in [5.74, 6) is -1.50. The van der Waals surface area contributed by atoms with Crippen LogP contribution < -0.4 is 20.7 Å². The Kier molecular flexibility index (Phi) is 9.42. The molecule has 1 amide bonds. The molecule has 218 valence electrons. The van der Waals surface area contributed by atoms with Crippen molar-refractivity contribution in [1.29, 1.82) is 0 Å². The second-order valence-electron chi connectivity index (χ2n) is 10.8. The van der Waals surface area contributed by atoms with E-state index in [2.05, 4.69) is 16.0 Å². The summed E-state index contributed by atoms with van der Waals surface area (Å²) in [6.07, 6.45) is 1.64. The van der Waals surface area contributed by atoms with Crippen molar-refractivity contribution in [2.45, 2.75) is 45.7 Å². The Morgan fingerprint density at radius 1 is 1.05 bits per heavy atom. The van der Waals surface area contributed by atoms with Crippen LogP contribution >= 0.6 is 0 Å². The number of carboxylic acids is 1. The number of carbonyl (C=O) groups excluding carboxylic acids is 1. The normalized spacial score (nSPS) is 15.3. The summed E-state index contributed by atoms with van der Waals surface area (Å²) < 4.78 is 20.9. The molecule has 0 bridgehead atoms. The molecule has 1 fully saturated rings. The highest BCUT2D eigenvalue weighted by molar-refractivity contribution is 5.95. The Morgan fingerprint density at radius 2 is 1.68 bits per heavy atom. The summed E-state index contributed by atoms with van der Waals surface area (Å²) in [5.41, 5.74) is 4.55. The van der Waals surface area contributed by atoms with E-state index in [1.54, 1.807) is 6.07 Å². The van der Waals surface area contributed by atoms with Crippen molar-refractivity contribution in [2.24, 2.45) is 5.92 Å². The van der Waals surface area contributed by atoms with E-state index in [0.29, 0.717) is 5.56 Å². The van der Waals surface area contributed by atoms with Crippen molar-refractivity contribution in [1.82, 2.24) is 10.6 Å². The fraction of sp³-hybridized carbons (Fsp3) is 0.375. The molecular formula is C32H38FN3O5. The number of methoxy groups -OCH3 is 1. The zero-order valence-electron chi connectivity index (χ0n) is 23.9. The molecule has 1 heterocycles. The van der Waals surface area contributed by atoms with Crippen molar-refractivity contribution in [2.75, 3.05) is 32.1 Å². The van der Waals surface area contributed by atoms with Gasteiger partial charge in [-0.15, -0.1) is 0 Å². The Hall–Kier alpha value is -3.79. The first kappa shape index (κ1) is 30.2. The maximum absolute atomic E-state index is 15.4. The fourth-order valence-electron chi connectivity index (χ4n) is 5.23. The molecule has 0 aromatic heterocycles. The number of aliphatic hydroxyl groups excluding tert-OH is 1. The van der Waals surface area contributed by atoms with Gasteiger partial charge in [0.05, 0.1) is 13.7 Å². The minimum Gasteiger partial charge on any atom is -0.496 e. The molecule has 41 heavy (non-hydrogen) atoms. The van der Waals surface area contributed by atoms with E-state index >= 15 is 4.39 Å². The number of hydrogen-bond acceptors (Lipinski definition) is 6. The molecule has 0 radical (unpaired) electrons. The van der Waals surface area contributed by atoms with Crippen LogP contribution in [0.3, 0.4) is 0 Å². The molecule has 0 spiro atoms. The third-order valence-corrected chi connectivity index (χ3v) is 8.05. The van der Waals surface area contributed by atoms with Gasteiger partial charge in [0, 0.05) is 23.7 Å². The molecule has 3 aromatic carbocycles. The molecular weight excluding hydrogens is 525 g/mol. The summed E-state index contributed by atoms with van der Waals surface area (Å²) in [7, 11) is 1.43. The van der Waals surface area contributed by atoms with Crippen LogP contribution in [0.4, 0.5) is 10.1 Å². The summed E-state index contributed by atoms with van der Waals surface area (Å²) >= 11 is 0. The lowest BCUT2D eigenvalue weighted by Crippen LogP contribution is -2.52. The molecule has 3 aromatic rings. The van der Waals surface area contributed by atoms with Gasteiger partial charge in [0.15, 0.2) is 0 Å². The molecule has 1 unspecified atom stereocenters. The summed E-state index contributed by atoms with van der Waals surface area (Å²) in [6.45, 7) is 6.18. The van der Waals surface area contributed by atoms with Gasteiger partial charge in [-0.05, 0) is 98.3 Å². The number of carbonyl (C=O) groups is 2. The predicted octanol–water partition coefficient (Wildman–Crippen LogP) is 4.65. The van der Waals surface area contributed by atoms with Crippen LogP contribution in [0.5, 0.6) is 5.75 Å². The van der Waals surface area contributed by atoms with Crippen LogP contribution in [-0.4, -0.2) is 54.4 Å². The number of anilines is 1. The lowest BCUT2D eigenvalue weighted by atomic mass is 9.89. The third kappa shape index (κ3) is 6.43. The number of piperidine rings is 1. The van der Waals surface area contributed by atoms with E-state index in [1.807, 2.05) is 50.2 Å². The Bertz CT molecular complexity index is 1440. The van der Waals surface area contributed by atoms with Gasteiger partial charge in [-0.3, -0.25) is 14.9 Å². The number of rotatable bonds is 10. The number of benzene rings is 3. The van der Waals surface area contributed by atoms with E-state index in [-0.39, 0.29) is 29.7 Å². The van der Waals surface area contributed by atoms with E-state index in [9.17, 15) is 19.8 Å². The van der Waals surface area contributed by atoms with Crippen molar-refractivity contribution in [3.63, 3.8) is 0 Å². The highest BCUT2D eigenvalue weighted by atomic mass is 19.1. The lowest BCUT2D eigenvalue weighted by molar-refractivity contribution is -0.146. The van der Waals surface area contributed by atoms with E-state index in [1.165, 1.54) is 20.1 Å². The molecule has 1 aliphatic rings. The topological polar surface area (TPSA) is 120 Å². The molecule has 9 heteroatoms. The van der Waals surface area contributed by atoms with Crippen molar-refractivity contribution in [3.05, 3.63) is 71.0 Å². The maximum Gasteiger partial charge on any atom is 0.326 e. The second-order valence-corrected chi connectivity index (χ2v) is 10.8. The minimum absolute atomic E-state index is 0.00562. The molecule has 4 rings (SSSR count). The van der Waals surface area contributed by atoms with Gasteiger partial charge in [0.25, 0.3) is 0 Å². The average Bonchev–Trinajstić information content (AvgIpc) is 2.97. The van der Waals surface area contributed by atoms with Crippen molar-refractivity contribution >= 4 is 17.6 Å². The molecule has 1 saturated heterocycles. The Labute approximate surface area is 239 Å². The molecule has 0 aliphatic carbocycles. The van der Waals surface area contributed by atoms with Crippen molar-refractivity contribution in [3.8, 4) is 28.0 Å². The average molecular weight is 564 g/mol. The van der Waals surface area contributed by atoms with Gasteiger partial charge >= 0.3 is 5.97 Å². The van der Waals surface area contributed by atoms with Crippen LogP contribution in [0, 0.1) is 25.6 Å². The predicted molar refractivity (Wildman–Crippen MR) is 157 cm³/mol. The van der Waals surface area contributed by atoms with Crippen LogP contribution in [-0.2, 0) is 16.1 Å². The first-order chi connectivity index (χ1) is 19.6. The number of aliphatic carboxylic acids is 1. The van der Waals surface area contributed by atoms with E-state index in [4.69, 9.17) is 4.74 Å². The van der Waals surface area contributed by atoms with Gasteiger partial charge in [0.2, 0.25) is 5.91 Å². The molecule has 1 aliphatic heterocycles. The smallest absolute Gasteiger partial charge is 0.326 e. The highest BCUT2D eigenvalue weighted by Crippen LogP contribution is 2.38.